The Bertz CT molecular complexity index is 2350. The molecule has 0 radical (unpaired) electrons. The Morgan fingerprint density at radius 3 is 1.85 bits per heavy atom. The minimum atomic E-state index is -0.00971. The number of fused-ring (bicyclic) bond motifs is 9. The molecule has 2 heterocycles. The van der Waals surface area contributed by atoms with E-state index in [0.717, 1.165) is 0 Å². The number of para-hydroxylation sites is 1. The quantitative estimate of drug-likeness (QED) is 0.224. The van der Waals surface area contributed by atoms with E-state index in [-0.39, 0.29) is 5.41 Å². The molecular weight excluding hydrogens is 515 g/mol. The number of hydrogen-bond donors (Lipinski definition) is 1. The molecular formula is C39H27NS. The fraction of sp³-hybridized carbons (Fsp3) is 0.0769. The standard InChI is InChI=1S/C39H27NS/c1-39(2)33-15-5-3-9-27(33)28-19-17-24(22-34(28)39)26-12-8-14-31-30-13-7-11-25(37(30)41-38(26)31)23-18-20-36-32(21-23)29-10-4-6-16-35(29)40-36/h3-22,40H,1-2H3. The van der Waals surface area contributed by atoms with E-state index >= 15 is 0 Å². The molecule has 1 aliphatic carbocycles. The van der Waals surface area contributed by atoms with Gasteiger partial charge in [-0.15, -0.1) is 11.3 Å². The lowest BCUT2D eigenvalue weighted by Gasteiger charge is -2.22. The van der Waals surface area contributed by atoms with Gasteiger partial charge in [-0.2, -0.15) is 0 Å². The van der Waals surface area contributed by atoms with Crippen LogP contribution in [0.4, 0.5) is 0 Å². The molecule has 0 atom stereocenters. The van der Waals surface area contributed by atoms with Crippen LogP contribution in [0.2, 0.25) is 0 Å². The Kier molecular flexibility index (Phi) is 4.61. The summed E-state index contributed by atoms with van der Waals surface area (Å²) in [5.41, 5.74) is 13.1. The van der Waals surface area contributed by atoms with E-state index in [1.807, 2.05) is 11.3 Å². The molecule has 0 bridgehead atoms. The molecule has 0 spiro atoms. The highest BCUT2D eigenvalue weighted by Gasteiger charge is 2.35. The summed E-state index contributed by atoms with van der Waals surface area (Å²) in [6.45, 7) is 4.72. The Balaban J connectivity index is 1.24. The van der Waals surface area contributed by atoms with Crippen LogP contribution in [0.15, 0.2) is 121 Å². The maximum atomic E-state index is 3.57. The molecule has 194 valence electrons. The molecule has 1 aliphatic rings. The van der Waals surface area contributed by atoms with Gasteiger partial charge in [0.15, 0.2) is 0 Å². The minimum Gasteiger partial charge on any atom is -0.355 e. The Hall–Kier alpha value is -4.66. The van der Waals surface area contributed by atoms with Crippen molar-refractivity contribution in [2.45, 2.75) is 19.3 Å². The molecule has 41 heavy (non-hydrogen) atoms. The van der Waals surface area contributed by atoms with Crippen LogP contribution in [-0.4, -0.2) is 4.98 Å². The Morgan fingerprint density at radius 1 is 0.463 bits per heavy atom. The van der Waals surface area contributed by atoms with E-state index in [4.69, 9.17) is 0 Å². The van der Waals surface area contributed by atoms with Gasteiger partial charge >= 0.3 is 0 Å². The van der Waals surface area contributed by atoms with Gasteiger partial charge in [0.2, 0.25) is 0 Å². The summed E-state index contributed by atoms with van der Waals surface area (Å²) in [6, 6.07) is 45.0. The largest absolute Gasteiger partial charge is 0.355 e. The Morgan fingerprint density at radius 2 is 1.05 bits per heavy atom. The molecule has 1 N–H and O–H groups in total. The van der Waals surface area contributed by atoms with Crippen molar-refractivity contribution < 1.29 is 0 Å². The van der Waals surface area contributed by atoms with Gasteiger partial charge in [0.1, 0.15) is 0 Å². The van der Waals surface area contributed by atoms with Crippen LogP contribution in [-0.2, 0) is 5.41 Å². The molecule has 2 heteroatoms. The minimum absolute atomic E-state index is 0.00971. The molecule has 0 saturated carbocycles. The number of nitrogens with one attached hydrogen (secondary N) is 1. The number of rotatable bonds is 2. The van der Waals surface area contributed by atoms with Crippen LogP contribution < -0.4 is 0 Å². The molecule has 0 saturated heterocycles. The first-order valence-electron chi connectivity index (χ1n) is 14.3. The number of aromatic nitrogens is 1. The van der Waals surface area contributed by atoms with Crippen molar-refractivity contribution in [3.8, 4) is 33.4 Å². The molecule has 8 aromatic rings. The second kappa shape index (κ2) is 8.19. The maximum Gasteiger partial charge on any atom is 0.0465 e. The number of benzene rings is 6. The highest BCUT2D eigenvalue weighted by molar-refractivity contribution is 7.26. The van der Waals surface area contributed by atoms with E-state index in [0.29, 0.717) is 0 Å². The van der Waals surface area contributed by atoms with E-state index < -0.39 is 0 Å². The fourth-order valence-electron chi connectivity index (χ4n) is 7.16. The molecule has 0 amide bonds. The first-order chi connectivity index (χ1) is 20.1. The predicted molar refractivity (Wildman–Crippen MR) is 177 cm³/mol. The number of aromatic amines is 1. The number of H-pyrrole nitrogens is 1. The summed E-state index contributed by atoms with van der Waals surface area (Å²) in [6.07, 6.45) is 0. The van der Waals surface area contributed by atoms with Gasteiger partial charge in [-0.1, -0.05) is 111 Å². The molecule has 6 aromatic carbocycles. The lowest BCUT2D eigenvalue weighted by atomic mass is 9.81. The third-order valence-electron chi connectivity index (χ3n) is 9.24. The molecule has 1 nitrogen and oxygen atoms in total. The first kappa shape index (κ1) is 23.1. The molecule has 2 aromatic heterocycles. The van der Waals surface area contributed by atoms with E-state index in [1.165, 1.54) is 86.5 Å². The smallest absolute Gasteiger partial charge is 0.0465 e. The average molecular weight is 542 g/mol. The molecule has 0 unspecified atom stereocenters. The fourth-order valence-corrected chi connectivity index (χ4v) is 8.53. The second-order valence-corrected chi connectivity index (χ2v) is 12.8. The summed E-state index contributed by atoms with van der Waals surface area (Å²) in [4.78, 5) is 3.57. The third-order valence-corrected chi connectivity index (χ3v) is 10.5. The van der Waals surface area contributed by atoms with Gasteiger partial charge < -0.3 is 4.98 Å². The monoisotopic (exact) mass is 541 g/mol. The maximum absolute atomic E-state index is 3.57. The van der Waals surface area contributed by atoms with Crippen molar-refractivity contribution in [1.82, 2.24) is 4.98 Å². The SMILES string of the molecule is CC1(C)c2ccccc2-c2ccc(-c3cccc4c3sc3c(-c5ccc6[nH]c7ccccc7c6c5)cccc34)cc21. The van der Waals surface area contributed by atoms with Gasteiger partial charge in [-0.05, 0) is 68.8 Å². The number of thiophene rings is 1. The van der Waals surface area contributed by atoms with Crippen LogP contribution in [0, 0.1) is 0 Å². The van der Waals surface area contributed by atoms with Crippen molar-refractivity contribution >= 4 is 53.3 Å². The number of hydrogen-bond acceptors (Lipinski definition) is 1. The van der Waals surface area contributed by atoms with E-state index in [2.05, 4.69) is 140 Å². The van der Waals surface area contributed by atoms with Crippen molar-refractivity contribution in [2.75, 3.05) is 0 Å². The van der Waals surface area contributed by atoms with Crippen LogP contribution >= 0.6 is 11.3 Å². The van der Waals surface area contributed by atoms with Gasteiger partial charge in [0.25, 0.3) is 0 Å². The van der Waals surface area contributed by atoms with Crippen LogP contribution in [0.3, 0.4) is 0 Å². The molecule has 0 fully saturated rings. The highest BCUT2D eigenvalue weighted by atomic mass is 32.1. The summed E-state index contributed by atoms with van der Waals surface area (Å²) < 4.78 is 2.71. The molecule has 9 rings (SSSR count). The predicted octanol–water partition coefficient (Wildman–Crippen LogP) is 11.3. The zero-order valence-electron chi connectivity index (χ0n) is 23.0. The van der Waals surface area contributed by atoms with Gasteiger partial charge in [-0.3, -0.25) is 0 Å². The highest BCUT2D eigenvalue weighted by Crippen LogP contribution is 2.51. The first-order valence-corrected chi connectivity index (χ1v) is 15.1. The van der Waals surface area contributed by atoms with E-state index in [9.17, 15) is 0 Å². The normalized spacial score (nSPS) is 13.8. The zero-order valence-corrected chi connectivity index (χ0v) is 23.8. The van der Waals surface area contributed by atoms with Crippen LogP contribution in [0.25, 0.3) is 75.4 Å². The Labute approximate surface area is 242 Å². The van der Waals surface area contributed by atoms with Crippen molar-refractivity contribution in [3.63, 3.8) is 0 Å². The van der Waals surface area contributed by atoms with Crippen molar-refractivity contribution in [3.05, 3.63) is 132 Å². The summed E-state index contributed by atoms with van der Waals surface area (Å²) in [5, 5.41) is 5.22. The van der Waals surface area contributed by atoms with Gasteiger partial charge in [0.05, 0.1) is 0 Å². The third kappa shape index (κ3) is 3.17. The van der Waals surface area contributed by atoms with Crippen LogP contribution in [0.1, 0.15) is 25.0 Å². The molecule has 0 aliphatic heterocycles. The second-order valence-electron chi connectivity index (χ2n) is 11.8. The van der Waals surface area contributed by atoms with Crippen molar-refractivity contribution in [1.29, 1.82) is 0 Å². The summed E-state index contributed by atoms with van der Waals surface area (Å²) >= 11 is 1.93. The average Bonchev–Trinajstić information content (AvgIpc) is 3.65. The summed E-state index contributed by atoms with van der Waals surface area (Å²) in [5.74, 6) is 0. The summed E-state index contributed by atoms with van der Waals surface area (Å²) in [7, 11) is 0. The topological polar surface area (TPSA) is 15.8 Å². The lowest BCUT2D eigenvalue weighted by molar-refractivity contribution is 0.660. The zero-order chi connectivity index (χ0) is 27.3. The van der Waals surface area contributed by atoms with Crippen LogP contribution in [0.5, 0.6) is 0 Å². The van der Waals surface area contributed by atoms with Crippen molar-refractivity contribution in [2.24, 2.45) is 0 Å². The van der Waals surface area contributed by atoms with Gasteiger partial charge in [0, 0.05) is 47.4 Å². The van der Waals surface area contributed by atoms with Gasteiger partial charge in [-0.25, -0.2) is 0 Å². The lowest BCUT2D eigenvalue weighted by Crippen LogP contribution is -2.14. The van der Waals surface area contributed by atoms with E-state index in [1.54, 1.807) is 0 Å².